The number of carbonyl (C=O) groups is 1. The Morgan fingerprint density at radius 1 is 1.16 bits per heavy atom. The van der Waals surface area contributed by atoms with E-state index in [1.54, 1.807) is 6.07 Å². The SMILES string of the molecule is CC(CNc1nc(OCC(F)(F)F)c(Nc2nccc(-c3cn(C)c4ccccc34)n2)cc1NC(=O)CCCl)N(C)C.Cl. The summed E-state index contributed by atoms with van der Waals surface area (Å²) >= 11 is 5.74. The number of benzene rings is 1. The van der Waals surface area contributed by atoms with Crippen molar-refractivity contribution in [3.63, 3.8) is 0 Å². The molecule has 10 nitrogen and oxygen atoms in total. The first-order valence-corrected chi connectivity index (χ1v) is 13.6. The van der Waals surface area contributed by atoms with E-state index in [0.717, 1.165) is 16.5 Å². The standard InChI is InChI=1S/C28H32ClF3N8O2.ClH/c1-17(39(2)3)14-34-25-21(35-24(41)9-11-29)13-22(26(38-25)42-16-28(30,31)32)37-27-33-12-10-20(36-27)19-15-40(4)23-8-6-5-7-18(19)23;/h5-8,10,12-13,15,17H,9,11,14,16H2,1-4H3,(H,34,38)(H,35,41)(H,33,36,37);1H. The molecule has 0 spiro atoms. The molecule has 1 aromatic carbocycles. The maximum Gasteiger partial charge on any atom is 0.422 e. The topological polar surface area (TPSA) is 109 Å². The van der Waals surface area contributed by atoms with E-state index in [0.29, 0.717) is 12.2 Å². The third kappa shape index (κ3) is 8.85. The van der Waals surface area contributed by atoms with E-state index in [9.17, 15) is 18.0 Å². The molecule has 3 N–H and O–H groups in total. The summed E-state index contributed by atoms with van der Waals surface area (Å²) < 4.78 is 46.6. The van der Waals surface area contributed by atoms with Gasteiger partial charge in [-0.2, -0.15) is 18.2 Å². The molecule has 0 radical (unpaired) electrons. The number of aromatic nitrogens is 4. The predicted octanol–water partition coefficient (Wildman–Crippen LogP) is 6.07. The van der Waals surface area contributed by atoms with Crippen LogP contribution in [-0.4, -0.2) is 75.7 Å². The van der Waals surface area contributed by atoms with Crippen LogP contribution in [-0.2, 0) is 11.8 Å². The number of rotatable bonds is 12. The minimum atomic E-state index is -4.61. The summed E-state index contributed by atoms with van der Waals surface area (Å²) in [5, 5.41) is 9.74. The van der Waals surface area contributed by atoms with Crippen molar-refractivity contribution in [3.05, 3.63) is 48.8 Å². The molecule has 0 bridgehead atoms. The third-order valence-corrected chi connectivity index (χ3v) is 6.67. The highest BCUT2D eigenvalue weighted by Gasteiger charge is 2.30. The highest BCUT2D eigenvalue weighted by molar-refractivity contribution is 6.19. The maximum absolute atomic E-state index is 13.2. The van der Waals surface area contributed by atoms with Crippen LogP contribution in [0.2, 0.25) is 0 Å². The van der Waals surface area contributed by atoms with Gasteiger partial charge in [0.05, 0.1) is 11.4 Å². The number of nitrogens with zero attached hydrogens (tertiary/aromatic N) is 5. The lowest BCUT2D eigenvalue weighted by Gasteiger charge is -2.22. The molecule has 0 aliphatic rings. The van der Waals surface area contributed by atoms with Crippen LogP contribution in [0.3, 0.4) is 0 Å². The summed E-state index contributed by atoms with van der Waals surface area (Å²) in [6.07, 6.45) is -1.10. The Morgan fingerprint density at radius 2 is 1.91 bits per heavy atom. The molecule has 3 heterocycles. The average molecular weight is 642 g/mol. The number of hydrogen-bond acceptors (Lipinski definition) is 8. The lowest BCUT2D eigenvalue weighted by Crippen LogP contribution is -2.32. The summed E-state index contributed by atoms with van der Waals surface area (Å²) in [4.78, 5) is 27.6. The molecule has 0 saturated heterocycles. The quantitative estimate of drug-likeness (QED) is 0.160. The largest absolute Gasteiger partial charge is 0.466 e. The molecule has 0 saturated carbocycles. The molecule has 0 aliphatic heterocycles. The Labute approximate surface area is 258 Å². The van der Waals surface area contributed by atoms with E-state index < -0.39 is 12.8 Å². The summed E-state index contributed by atoms with van der Waals surface area (Å²) in [5.41, 5.74) is 2.72. The molecule has 0 aliphatic carbocycles. The zero-order valence-corrected chi connectivity index (χ0v) is 25.6. The number of fused-ring (bicyclic) bond motifs is 1. The van der Waals surface area contributed by atoms with Crippen LogP contribution >= 0.6 is 24.0 Å². The van der Waals surface area contributed by atoms with Crippen molar-refractivity contribution >= 4 is 64.0 Å². The monoisotopic (exact) mass is 640 g/mol. The second-order valence-electron chi connectivity index (χ2n) is 9.88. The zero-order valence-electron chi connectivity index (χ0n) is 24.0. The summed E-state index contributed by atoms with van der Waals surface area (Å²) in [7, 11) is 5.71. The summed E-state index contributed by atoms with van der Waals surface area (Å²) in [6, 6.07) is 11.1. The highest BCUT2D eigenvalue weighted by Crippen LogP contribution is 2.35. The van der Waals surface area contributed by atoms with Gasteiger partial charge in [0.15, 0.2) is 12.4 Å². The molecular weight excluding hydrogens is 608 g/mol. The van der Waals surface area contributed by atoms with E-state index in [-0.39, 0.29) is 65.7 Å². The van der Waals surface area contributed by atoms with Gasteiger partial charge in [-0.1, -0.05) is 18.2 Å². The van der Waals surface area contributed by atoms with Crippen molar-refractivity contribution in [3.8, 4) is 17.1 Å². The lowest BCUT2D eigenvalue weighted by molar-refractivity contribution is -0.153. The Hall–Kier alpha value is -3.81. The van der Waals surface area contributed by atoms with Gasteiger partial charge < -0.3 is 30.2 Å². The average Bonchev–Trinajstić information content (AvgIpc) is 3.28. The van der Waals surface area contributed by atoms with Crippen molar-refractivity contribution in [2.45, 2.75) is 25.6 Å². The number of aryl methyl sites for hydroxylation is 1. The van der Waals surface area contributed by atoms with E-state index in [1.165, 1.54) is 12.3 Å². The number of nitrogens with one attached hydrogen (secondary N) is 3. The molecule has 0 fully saturated rings. The highest BCUT2D eigenvalue weighted by atomic mass is 35.5. The second kappa shape index (κ2) is 14.6. The van der Waals surface area contributed by atoms with Crippen LogP contribution in [0.5, 0.6) is 5.88 Å². The van der Waals surface area contributed by atoms with Crippen molar-refractivity contribution in [1.29, 1.82) is 0 Å². The van der Waals surface area contributed by atoms with E-state index in [4.69, 9.17) is 16.3 Å². The van der Waals surface area contributed by atoms with Crippen molar-refractivity contribution in [1.82, 2.24) is 24.4 Å². The number of ether oxygens (including phenoxy) is 1. The van der Waals surface area contributed by atoms with E-state index >= 15 is 0 Å². The smallest absolute Gasteiger partial charge is 0.422 e. The number of pyridine rings is 1. The van der Waals surface area contributed by atoms with Gasteiger partial charge >= 0.3 is 6.18 Å². The first-order chi connectivity index (χ1) is 19.9. The van der Waals surface area contributed by atoms with Gasteiger partial charge in [-0.3, -0.25) is 4.79 Å². The molecule has 15 heteroatoms. The number of likely N-dealkylation sites (N-methyl/N-ethyl adjacent to an activating group) is 1. The Balaban J connectivity index is 0.00000506. The second-order valence-corrected chi connectivity index (χ2v) is 10.3. The zero-order chi connectivity index (χ0) is 30.4. The molecule has 232 valence electrons. The number of carbonyl (C=O) groups excluding carboxylic acids is 1. The molecular formula is C28H33Cl2F3N8O2. The van der Waals surface area contributed by atoms with Crippen LogP contribution in [0.4, 0.5) is 36.3 Å². The van der Waals surface area contributed by atoms with Gasteiger partial charge in [0.2, 0.25) is 17.7 Å². The predicted molar refractivity (Wildman–Crippen MR) is 166 cm³/mol. The molecule has 3 aromatic heterocycles. The summed E-state index contributed by atoms with van der Waals surface area (Å²) in [6.45, 7) is 0.771. The van der Waals surface area contributed by atoms with Crippen LogP contribution < -0.4 is 20.7 Å². The van der Waals surface area contributed by atoms with Crippen LogP contribution in [0, 0.1) is 0 Å². The minimum Gasteiger partial charge on any atom is -0.466 e. The van der Waals surface area contributed by atoms with Gasteiger partial charge in [-0.15, -0.1) is 24.0 Å². The normalized spacial score (nSPS) is 12.1. The van der Waals surface area contributed by atoms with Gasteiger partial charge in [-0.25, -0.2) is 9.97 Å². The van der Waals surface area contributed by atoms with Gasteiger partial charge in [0.25, 0.3) is 0 Å². The molecule has 4 rings (SSSR count). The molecule has 1 unspecified atom stereocenters. The first kappa shape index (κ1) is 33.7. The number of hydrogen-bond donors (Lipinski definition) is 3. The number of amides is 1. The third-order valence-electron chi connectivity index (χ3n) is 6.48. The maximum atomic E-state index is 13.2. The fraction of sp³-hybridized carbons (Fsp3) is 0.357. The molecule has 1 amide bonds. The fourth-order valence-corrected chi connectivity index (χ4v) is 4.21. The van der Waals surface area contributed by atoms with E-state index in [2.05, 4.69) is 30.9 Å². The first-order valence-electron chi connectivity index (χ1n) is 13.1. The number of para-hydroxylation sites is 1. The number of anilines is 4. The minimum absolute atomic E-state index is 0. The van der Waals surface area contributed by atoms with Gasteiger partial charge in [0, 0.05) is 60.8 Å². The molecule has 4 aromatic rings. The Kier molecular flexibility index (Phi) is 11.4. The molecule has 43 heavy (non-hydrogen) atoms. The number of alkyl halides is 4. The van der Waals surface area contributed by atoms with Crippen molar-refractivity contribution in [2.24, 2.45) is 7.05 Å². The van der Waals surface area contributed by atoms with E-state index in [1.807, 2.05) is 68.0 Å². The number of halogens is 5. The Morgan fingerprint density at radius 3 is 2.60 bits per heavy atom. The lowest BCUT2D eigenvalue weighted by atomic mass is 10.1. The van der Waals surface area contributed by atoms with Gasteiger partial charge in [-0.05, 0) is 39.2 Å². The van der Waals surface area contributed by atoms with Crippen molar-refractivity contribution < 1.29 is 22.7 Å². The van der Waals surface area contributed by atoms with Crippen LogP contribution in [0.25, 0.3) is 22.2 Å². The van der Waals surface area contributed by atoms with Crippen molar-refractivity contribution in [2.75, 3.05) is 49.1 Å². The molecule has 1 atom stereocenters. The summed E-state index contributed by atoms with van der Waals surface area (Å²) in [5.74, 6) is -0.410. The van der Waals surface area contributed by atoms with Crippen LogP contribution in [0.1, 0.15) is 13.3 Å². The van der Waals surface area contributed by atoms with Crippen LogP contribution in [0.15, 0.2) is 48.8 Å². The fourth-order valence-electron chi connectivity index (χ4n) is 4.04. The van der Waals surface area contributed by atoms with Gasteiger partial charge in [0.1, 0.15) is 5.69 Å². The Bertz CT molecular complexity index is 1550.